The molecule has 2 heterocycles. The molecule has 0 bridgehead atoms. The van der Waals surface area contributed by atoms with Gasteiger partial charge in [-0.1, -0.05) is 12.1 Å². The highest BCUT2D eigenvalue weighted by atomic mass is 32.2. The second kappa shape index (κ2) is 8.21. The summed E-state index contributed by atoms with van der Waals surface area (Å²) in [5.41, 5.74) is 4.02. The number of anilines is 1. The molecule has 29 heavy (non-hydrogen) atoms. The zero-order valence-electron chi connectivity index (χ0n) is 15.8. The molecule has 142 valence electrons. The van der Waals surface area contributed by atoms with Gasteiger partial charge >= 0.3 is 0 Å². The molecule has 0 saturated carbocycles. The number of nitriles is 1. The molecular weight excluding hydrogens is 380 g/mol. The summed E-state index contributed by atoms with van der Waals surface area (Å²) in [7, 11) is 0. The fourth-order valence-corrected chi connectivity index (χ4v) is 3.93. The fourth-order valence-electron chi connectivity index (χ4n) is 3.33. The zero-order chi connectivity index (χ0) is 20.2. The third kappa shape index (κ3) is 3.86. The van der Waals surface area contributed by atoms with Crippen molar-refractivity contribution >= 4 is 34.3 Å². The first-order valence-electron chi connectivity index (χ1n) is 9.07. The quantitative estimate of drug-likeness (QED) is 0.490. The number of rotatable bonds is 5. The average molecular weight is 398 g/mol. The van der Waals surface area contributed by atoms with Crippen LogP contribution in [0.4, 0.5) is 5.69 Å². The van der Waals surface area contributed by atoms with Gasteiger partial charge in [0.1, 0.15) is 11.8 Å². The molecule has 0 aliphatic carbocycles. The van der Waals surface area contributed by atoms with Gasteiger partial charge in [0.25, 0.3) is 0 Å². The first-order valence-corrected chi connectivity index (χ1v) is 10.3. The van der Waals surface area contributed by atoms with E-state index in [-0.39, 0.29) is 12.3 Å². The Balaban J connectivity index is 1.60. The molecule has 6 heteroatoms. The van der Waals surface area contributed by atoms with E-state index in [1.54, 1.807) is 24.2 Å². The number of hydrogen-bond donors (Lipinski definition) is 1. The van der Waals surface area contributed by atoms with Gasteiger partial charge in [0.05, 0.1) is 11.9 Å². The molecule has 4 aromatic rings. The summed E-state index contributed by atoms with van der Waals surface area (Å²) in [6.07, 6.45) is 5.67. The minimum Gasteiger partial charge on any atom is -0.326 e. The second-order valence-corrected chi connectivity index (χ2v) is 7.35. The molecule has 0 spiro atoms. The number of nitrogens with zero attached hydrogens (tertiary/aromatic N) is 3. The first-order chi connectivity index (χ1) is 14.2. The Hall–Kier alpha value is -3.56. The molecule has 0 saturated heterocycles. The largest absolute Gasteiger partial charge is 0.326 e. The van der Waals surface area contributed by atoms with Crippen LogP contribution in [0.3, 0.4) is 0 Å². The molecule has 2 aromatic heterocycles. The van der Waals surface area contributed by atoms with Crippen molar-refractivity contribution in [3.63, 3.8) is 0 Å². The molecular formula is C23H18N4OS. The summed E-state index contributed by atoms with van der Waals surface area (Å²) >= 11 is 1.66. The molecule has 0 radical (unpaired) electrons. The molecule has 1 amide bonds. The zero-order valence-corrected chi connectivity index (χ0v) is 16.6. The lowest BCUT2D eigenvalue weighted by atomic mass is 10.2. The maximum absolute atomic E-state index is 12.3. The molecule has 4 rings (SSSR count). The molecule has 0 unspecified atom stereocenters. The van der Waals surface area contributed by atoms with Crippen LogP contribution in [0.25, 0.3) is 16.6 Å². The fraction of sp³-hybridized carbons (Fsp3) is 0.0870. The number of fused-ring (bicyclic) bond motifs is 1. The van der Waals surface area contributed by atoms with Gasteiger partial charge in [-0.15, -0.1) is 11.8 Å². The van der Waals surface area contributed by atoms with E-state index in [0.717, 1.165) is 27.0 Å². The van der Waals surface area contributed by atoms with E-state index in [2.05, 4.69) is 22.4 Å². The molecule has 0 aliphatic heterocycles. The molecule has 0 fully saturated rings. The lowest BCUT2D eigenvalue weighted by Crippen LogP contribution is -2.14. The van der Waals surface area contributed by atoms with Crippen molar-refractivity contribution in [2.45, 2.75) is 11.3 Å². The van der Waals surface area contributed by atoms with E-state index < -0.39 is 0 Å². The van der Waals surface area contributed by atoms with Crippen molar-refractivity contribution < 1.29 is 4.79 Å². The maximum atomic E-state index is 12.3. The van der Waals surface area contributed by atoms with Gasteiger partial charge in [-0.05, 0) is 60.4 Å². The monoisotopic (exact) mass is 398 g/mol. The van der Waals surface area contributed by atoms with Crippen LogP contribution in [0.1, 0.15) is 11.3 Å². The Labute approximate surface area is 173 Å². The van der Waals surface area contributed by atoms with Crippen LogP contribution in [-0.4, -0.2) is 21.7 Å². The summed E-state index contributed by atoms with van der Waals surface area (Å²) in [4.78, 5) is 17.4. The average Bonchev–Trinajstić information content (AvgIpc) is 3.13. The number of aromatic nitrogens is 2. The predicted molar refractivity (Wildman–Crippen MR) is 116 cm³/mol. The first kappa shape index (κ1) is 18.8. The molecule has 1 N–H and O–H groups in total. The van der Waals surface area contributed by atoms with Crippen LogP contribution < -0.4 is 5.32 Å². The number of thioether (sulfide) groups is 1. The SMILES string of the molecule is CSc1cccc2c1cc(C#N)n2-c1ccc(NC(=O)Cc2cccnc2)cc1. The standard InChI is InChI=1S/C23H18N4OS/c1-29-22-6-2-5-21-20(22)13-19(14-24)27(21)18-9-7-17(8-10-18)26-23(28)12-16-4-3-11-25-15-16/h2-11,13,15H,12H2,1H3,(H,26,28). The van der Waals surface area contributed by atoms with Crippen LogP contribution >= 0.6 is 11.8 Å². The number of nitrogens with one attached hydrogen (secondary N) is 1. The Morgan fingerprint density at radius 2 is 2.00 bits per heavy atom. The summed E-state index contributed by atoms with van der Waals surface area (Å²) in [5, 5.41) is 13.6. The van der Waals surface area contributed by atoms with Crippen LogP contribution in [0.15, 0.2) is 78.0 Å². The molecule has 0 atom stereocenters. The number of carbonyl (C=O) groups excluding carboxylic acids is 1. The topological polar surface area (TPSA) is 70.7 Å². The highest BCUT2D eigenvalue weighted by molar-refractivity contribution is 7.98. The molecule has 5 nitrogen and oxygen atoms in total. The van der Waals surface area contributed by atoms with Gasteiger partial charge in [-0.3, -0.25) is 9.78 Å². The highest BCUT2D eigenvalue weighted by Gasteiger charge is 2.13. The third-order valence-electron chi connectivity index (χ3n) is 4.64. The van der Waals surface area contributed by atoms with E-state index in [9.17, 15) is 10.1 Å². The van der Waals surface area contributed by atoms with Gasteiger partial charge in [0, 0.05) is 34.1 Å². The Kier molecular flexibility index (Phi) is 5.32. The summed E-state index contributed by atoms with van der Waals surface area (Å²) in [6, 6.07) is 21.5. The molecule has 0 aliphatic rings. The van der Waals surface area contributed by atoms with Gasteiger partial charge < -0.3 is 9.88 Å². The smallest absolute Gasteiger partial charge is 0.228 e. The van der Waals surface area contributed by atoms with Gasteiger partial charge in [-0.25, -0.2) is 0 Å². The minimum absolute atomic E-state index is 0.0977. The predicted octanol–water partition coefficient (Wildman–Crippen LogP) is 4.80. The summed E-state index contributed by atoms with van der Waals surface area (Å²) in [5.74, 6) is -0.0977. The van der Waals surface area contributed by atoms with Crippen LogP contribution in [0.5, 0.6) is 0 Å². The molecule has 2 aromatic carbocycles. The van der Waals surface area contributed by atoms with E-state index in [4.69, 9.17) is 0 Å². The number of hydrogen-bond acceptors (Lipinski definition) is 4. The number of amides is 1. The van der Waals surface area contributed by atoms with Gasteiger partial charge in [0.2, 0.25) is 5.91 Å². The highest BCUT2D eigenvalue weighted by Crippen LogP contribution is 2.31. The Morgan fingerprint density at radius 3 is 2.69 bits per heavy atom. The van der Waals surface area contributed by atoms with Crippen molar-refractivity contribution in [3.8, 4) is 11.8 Å². The van der Waals surface area contributed by atoms with Gasteiger partial charge in [-0.2, -0.15) is 5.26 Å². The van der Waals surface area contributed by atoms with Crippen LogP contribution in [0.2, 0.25) is 0 Å². The van der Waals surface area contributed by atoms with Crippen molar-refractivity contribution in [3.05, 3.63) is 84.3 Å². The van der Waals surface area contributed by atoms with Crippen molar-refractivity contribution in [2.75, 3.05) is 11.6 Å². The van der Waals surface area contributed by atoms with Crippen LogP contribution in [0, 0.1) is 11.3 Å². The van der Waals surface area contributed by atoms with E-state index in [1.807, 2.05) is 65.4 Å². The van der Waals surface area contributed by atoms with Gasteiger partial charge in [0.15, 0.2) is 0 Å². The van der Waals surface area contributed by atoms with Crippen molar-refractivity contribution in [2.24, 2.45) is 0 Å². The summed E-state index contributed by atoms with van der Waals surface area (Å²) in [6.45, 7) is 0. The third-order valence-corrected chi connectivity index (χ3v) is 5.43. The normalized spacial score (nSPS) is 10.6. The number of pyridine rings is 1. The van der Waals surface area contributed by atoms with Crippen LogP contribution in [-0.2, 0) is 11.2 Å². The number of benzene rings is 2. The Bertz CT molecular complexity index is 1210. The lowest BCUT2D eigenvalue weighted by molar-refractivity contribution is -0.115. The summed E-state index contributed by atoms with van der Waals surface area (Å²) < 4.78 is 1.94. The Morgan fingerprint density at radius 1 is 1.17 bits per heavy atom. The minimum atomic E-state index is -0.0977. The van der Waals surface area contributed by atoms with Crippen molar-refractivity contribution in [1.82, 2.24) is 9.55 Å². The number of carbonyl (C=O) groups is 1. The van der Waals surface area contributed by atoms with E-state index in [1.165, 1.54) is 0 Å². The maximum Gasteiger partial charge on any atom is 0.228 e. The second-order valence-electron chi connectivity index (χ2n) is 6.50. The van der Waals surface area contributed by atoms with E-state index in [0.29, 0.717) is 11.4 Å². The lowest BCUT2D eigenvalue weighted by Gasteiger charge is -2.10. The van der Waals surface area contributed by atoms with Crippen molar-refractivity contribution in [1.29, 1.82) is 5.26 Å². The van der Waals surface area contributed by atoms with E-state index >= 15 is 0 Å².